The van der Waals surface area contributed by atoms with Crippen molar-refractivity contribution in [2.45, 2.75) is 64.1 Å². The van der Waals surface area contributed by atoms with Crippen LogP contribution in [-0.4, -0.2) is 43.3 Å². The zero-order valence-corrected chi connectivity index (χ0v) is 25.6. The number of sulfonamides is 1. The van der Waals surface area contributed by atoms with E-state index in [0.717, 1.165) is 15.4 Å². The molecule has 0 heterocycles. The Bertz CT molecular complexity index is 1460. The third-order valence-corrected chi connectivity index (χ3v) is 8.60. The van der Waals surface area contributed by atoms with Crippen molar-refractivity contribution in [3.8, 4) is 0 Å². The quantitative estimate of drug-likeness (QED) is 0.298. The van der Waals surface area contributed by atoms with Gasteiger partial charge in [0.15, 0.2) is 0 Å². The molecule has 214 valence electrons. The third-order valence-electron chi connectivity index (χ3n) is 6.27. The predicted octanol–water partition coefficient (Wildman–Crippen LogP) is 6.22. The second-order valence-electron chi connectivity index (χ2n) is 10.5. The van der Waals surface area contributed by atoms with Crippen LogP contribution in [0, 0.1) is 6.92 Å². The largest absolute Gasteiger partial charge is 0.350 e. The highest BCUT2D eigenvalue weighted by atomic mass is 35.5. The average Bonchev–Trinajstić information content (AvgIpc) is 2.89. The summed E-state index contributed by atoms with van der Waals surface area (Å²) in [6.45, 7) is 8.84. The monoisotopic (exact) mass is 603 g/mol. The van der Waals surface area contributed by atoms with Crippen molar-refractivity contribution in [1.82, 2.24) is 10.2 Å². The van der Waals surface area contributed by atoms with Gasteiger partial charge in [0.2, 0.25) is 11.8 Å². The summed E-state index contributed by atoms with van der Waals surface area (Å²) in [4.78, 5) is 29.0. The van der Waals surface area contributed by atoms with Crippen LogP contribution in [0.15, 0.2) is 77.7 Å². The molecule has 0 radical (unpaired) electrons. The molecule has 0 spiro atoms. The molecule has 1 atom stereocenters. The van der Waals surface area contributed by atoms with Gasteiger partial charge in [-0.1, -0.05) is 72.6 Å². The fraction of sp³-hybridized carbons (Fsp3) is 0.333. The molecule has 7 nitrogen and oxygen atoms in total. The van der Waals surface area contributed by atoms with Crippen molar-refractivity contribution >= 4 is 50.7 Å². The highest BCUT2D eigenvalue weighted by Gasteiger charge is 2.35. The van der Waals surface area contributed by atoms with E-state index in [-0.39, 0.29) is 33.1 Å². The second kappa shape index (κ2) is 13.1. The number of rotatable bonds is 10. The van der Waals surface area contributed by atoms with E-state index in [0.29, 0.717) is 6.42 Å². The highest BCUT2D eigenvalue weighted by molar-refractivity contribution is 7.92. The van der Waals surface area contributed by atoms with E-state index in [1.54, 1.807) is 18.2 Å². The number of nitrogens with zero attached hydrogens (tertiary/aromatic N) is 2. The van der Waals surface area contributed by atoms with Crippen molar-refractivity contribution in [3.63, 3.8) is 0 Å². The topological polar surface area (TPSA) is 86.8 Å². The molecule has 1 N–H and O–H groups in total. The molecule has 10 heteroatoms. The van der Waals surface area contributed by atoms with Gasteiger partial charge in [0.25, 0.3) is 10.0 Å². The SMILES string of the molecule is CC[C@H](C(=O)NC(C)(C)C)N(Cc1ccccc1C)C(=O)CN(c1cc(Cl)ccc1Cl)S(=O)(=O)c1ccccc1. The van der Waals surface area contributed by atoms with Gasteiger partial charge < -0.3 is 10.2 Å². The number of anilines is 1. The summed E-state index contributed by atoms with van der Waals surface area (Å²) in [5.74, 6) is -0.884. The fourth-order valence-corrected chi connectivity index (χ4v) is 6.14. The summed E-state index contributed by atoms with van der Waals surface area (Å²) in [7, 11) is -4.24. The van der Waals surface area contributed by atoms with Crippen molar-refractivity contribution in [2.75, 3.05) is 10.8 Å². The number of hydrogen-bond donors (Lipinski definition) is 1. The molecule has 3 aromatic carbocycles. The zero-order chi connectivity index (χ0) is 29.7. The molecular weight excluding hydrogens is 569 g/mol. The van der Waals surface area contributed by atoms with E-state index in [2.05, 4.69) is 5.32 Å². The lowest BCUT2D eigenvalue weighted by atomic mass is 10.0. The number of nitrogens with one attached hydrogen (secondary N) is 1. The smallest absolute Gasteiger partial charge is 0.264 e. The average molecular weight is 605 g/mol. The lowest BCUT2D eigenvalue weighted by molar-refractivity contribution is -0.141. The van der Waals surface area contributed by atoms with E-state index in [4.69, 9.17) is 23.2 Å². The van der Waals surface area contributed by atoms with Gasteiger partial charge in [-0.25, -0.2) is 8.42 Å². The summed E-state index contributed by atoms with van der Waals surface area (Å²) in [6, 6.07) is 18.9. The first-order valence-corrected chi connectivity index (χ1v) is 15.1. The minimum atomic E-state index is -4.24. The second-order valence-corrected chi connectivity index (χ2v) is 13.2. The van der Waals surface area contributed by atoms with E-state index in [1.807, 2.05) is 58.9 Å². The summed E-state index contributed by atoms with van der Waals surface area (Å²) in [5, 5.41) is 3.33. The van der Waals surface area contributed by atoms with Crippen LogP contribution in [0.2, 0.25) is 10.0 Å². The van der Waals surface area contributed by atoms with Crippen LogP contribution in [0.5, 0.6) is 0 Å². The Morgan fingerprint density at radius 3 is 2.17 bits per heavy atom. The molecule has 0 aliphatic rings. The molecule has 0 bridgehead atoms. The van der Waals surface area contributed by atoms with Gasteiger partial charge in [0, 0.05) is 17.1 Å². The molecule has 40 heavy (non-hydrogen) atoms. The van der Waals surface area contributed by atoms with Gasteiger partial charge >= 0.3 is 0 Å². The molecule has 2 amide bonds. The normalized spacial score (nSPS) is 12.5. The number of amides is 2. The first-order valence-electron chi connectivity index (χ1n) is 12.9. The molecule has 0 unspecified atom stereocenters. The number of aryl methyl sites for hydroxylation is 1. The maximum Gasteiger partial charge on any atom is 0.264 e. The van der Waals surface area contributed by atoms with E-state index < -0.39 is 34.1 Å². The van der Waals surface area contributed by atoms with Crippen molar-refractivity contribution in [1.29, 1.82) is 0 Å². The number of carbonyl (C=O) groups is 2. The molecular formula is C30H35Cl2N3O4S. The van der Waals surface area contributed by atoms with Crippen LogP contribution in [0.4, 0.5) is 5.69 Å². The van der Waals surface area contributed by atoms with E-state index in [1.165, 1.54) is 35.2 Å². The van der Waals surface area contributed by atoms with E-state index >= 15 is 0 Å². The zero-order valence-electron chi connectivity index (χ0n) is 23.3. The van der Waals surface area contributed by atoms with Gasteiger partial charge in [0.05, 0.1) is 15.6 Å². The van der Waals surface area contributed by atoms with Crippen LogP contribution < -0.4 is 9.62 Å². The van der Waals surface area contributed by atoms with E-state index in [9.17, 15) is 18.0 Å². The summed E-state index contributed by atoms with van der Waals surface area (Å²) >= 11 is 12.7. The maximum absolute atomic E-state index is 14.2. The Balaban J connectivity index is 2.12. The first-order chi connectivity index (χ1) is 18.7. The minimum Gasteiger partial charge on any atom is -0.350 e. The first kappa shape index (κ1) is 31.5. The van der Waals surface area contributed by atoms with Gasteiger partial charge in [-0.2, -0.15) is 0 Å². The van der Waals surface area contributed by atoms with Gasteiger partial charge in [-0.15, -0.1) is 0 Å². The van der Waals surface area contributed by atoms with Crippen molar-refractivity contribution in [3.05, 3.63) is 94.0 Å². The van der Waals surface area contributed by atoms with Crippen LogP contribution in [0.1, 0.15) is 45.2 Å². The number of hydrogen-bond acceptors (Lipinski definition) is 4. The van der Waals surface area contributed by atoms with Crippen LogP contribution >= 0.6 is 23.2 Å². The molecule has 0 aromatic heterocycles. The molecule has 3 rings (SSSR count). The highest BCUT2D eigenvalue weighted by Crippen LogP contribution is 2.33. The Hall–Kier alpha value is -3.07. The fourth-order valence-electron chi connectivity index (χ4n) is 4.25. The van der Waals surface area contributed by atoms with Crippen molar-refractivity contribution < 1.29 is 18.0 Å². The standard InChI is InChI=1S/C30H35Cl2N3O4S/c1-6-26(29(37)33-30(3,4)5)34(19-22-13-11-10-12-21(22)2)28(36)20-35(27-18-23(31)16-17-25(27)32)40(38,39)24-14-8-7-9-15-24/h7-18,26H,6,19-20H2,1-5H3,(H,33,37)/t26-/m1/s1. The Morgan fingerprint density at radius 2 is 1.57 bits per heavy atom. The Labute approximate surface area is 247 Å². The summed E-state index contributed by atoms with van der Waals surface area (Å²) < 4.78 is 28.8. The Kier molecular flexibility index (Phi) is 10.3. The minimum absolute atomic E-state index is 0.0122. The summed E-state index contributed by atoms with van der Waals surface area (Å²) in [5.41, 5.74) is 1.32. The molecule has 3 aromatic rings. The van der Waals surface area contributed by atoms with Crippen LogP contribution in [-0.2, 0) is 26.2 Å². The van der Waals surface area contributed by atoms with Gasteiger partial charge in [-0.05, 0) is 75.6 Å². The van der Waals surface area contributed by atoms with Crippen molar-refractivity contribution in [2.24, 2.45) is 0 Å². The van der Waals surface area contributed by atoms with Crippen LogP contribution in [0.3, 0.4) is 0 Å². The van der Waals surface area contributed by atoms with Gasteiger partial charge in [-0.3, -0.25) is 13.9 Å². The number of benzene rings is 3. The number of halogens is 2. The molecule has 0 aliphatic carbocycles. The maximum atomic E-state index is 14.2. The molecule has 0 aliphatic heterocycles. The number of carbonyl (C=O) groups excluding carboxylic acids is 2. The van der Waals surface area contributed by atoms with Crippen LogP contribution in [0.25, 0.3) is 0 Å². The summed E-state index contributed by atoms with van der Waals surface area (Å²) in [6.07, 6.45) is 0.322. The third kappa shape index (κ3) is 7.77. The Morgan fingerprint density at radius 1 is 0.950 bits per heavy atom. The van der Waals surface area contributed by atoms with Gasteiger partial charge in [0.1, 0.15) is 12.6 Å². The molecule has 0 saturated carbocycles. The molecule has 0 saturated heterocycles. The lowest BCUT2D eigenvalue weighted by Crippen LogP contribution is -2.55. The lowest BCUT2D eigenvalue weighted by Gasteiger charge is -2.35. The predicted molar refractivity (Wildman–Crippen MR) is 161 cm³/mol. The molecule has 0 fully saturated rings.